The fourth-order valence-electron chi connectivity index (χ4n) is 5.09. The Labute approximate surface area is 156 Å². The molecule has 2 aliphatic carbocycles. The number of aliphatic carboxylic acids is 1. The lowest BCUT2D eigenvalue weighted by molar-refractivity contribution is -0.142. The van der Waals surface area contributed by atoms with Gasteiger partial charge in [0.1, 0.15) is 0 Å². The molecule has 3 fully saturated rings. The molecule has 0 unspecified atom stereocenters. The molecular weight excluding hydrogens is 376 g/mol. The van der Waals surface area contributed by atoms with Crippen LogP contribution in [-0.4, -0.2) is 44.6 Å². The highest BCUT2D eigenvalue weighted by atomic mass is 32.2. The van der Waals surface area contributed by atoms with Crippen LogP contribution in [0.2, 0.25) is 0 Å². The maximum atomic E-state index is 12.9. The lowest BCUT2D eigenvalue weighted by atomic mass is 9.77. The van der Waals surface area contributed by atoms with Crippen molar-refractivity contribution in [3.63, 3.8) is 0 Å². The average Bonchev–Trinajstić information content (AvgIpc) is 3.28. The summed E-state index contributed by atoms with van der Waals surface area (Å²) in [6.07, 6.45) is 3.14. The number of nitrogens with one attached hydrogen (secondary N) is 1. The zero-order valence-electron chi connectivity index (χ0n) is 13.6. The summed E-state index contributed by atoms with van der Waals surface area (Å²) >= 11 is 2.79. The highest BCUT2D eigenvalue weighted by Crippen LogP contribution is 2.64. The van der Waals surface area contributed by atoms with Gasteiger partial charge in [0.15, 0.2) is 0 Å². The molecule has 2 bridgehead atoms. The smallest absolute Gasteiger partial charge is 0.305 e. The van der Waals surface area contributed by atoms with Gasteiger partial charge >= 0.3 is 10.8 Å². The Balaban J connectivity index is 1.43. The van der Waals surface area contributed by atoms with Crippen molar-refractivity contribution in [1.82, 2.24) is 9.88 Å². The van der Waals surface area contributed by atoms with Gasteiger partial charge in [-0.2, -0.15) is 0 Å². The molecule has 1 aromatic rings. The molecule has 0 spiro atoms. The molecule has 1 aromatic heterocycles. The normalized spacial score (nSPS) is 33.9. The lowest BCUT2D eigenvalue weighted by Gasteiger charge is -2.32. The van der Waals surface area contributed by atoms with E-state index in [9.17, 15) is 19.2 Å². The first-order valence-corrected chi connectivity index (χ1v) is 10.3. The summed E-state index contributed by atoms with van der Waals surface area (Å²) in [5, 5.41) is 9.79. The largest absolute Gasteiger partial charge is 0.481 e. The second kappa shape index (κ2) is 5.56. The molecule has 26 heavy (non-hydrogen) atoms. The number of rotatable bonds is 4. The van der Waals surface area contributed by atoms with Crippen LogP contribution in [0.3, 0.4) is 0 Å². The molecule has 2 amide bonds. The van der Waals surface area contributed by atoms with Gasteiger partial charge in [0.2, 0.25) is 11.8 Å². The van der Waals surface area contributed by atoms with Crippen molar-refractivity contribution in [1.29, 1.82) is 0 Å². The van der Waals surface area contributed by atoms with Crippen LogP contribution in [-0.2, 0) is 14.4 Å². The topological polar surface area (TPSA) is 108 Å². The number of hydrogen-bond acceptors (Lipinski definition) is 6. The predicted octanol–water partition coefficient (Wildman–Crippen LogP) is 1.41. The fraction of sp³-hybridized carbons (Fsp3) is 0.529. The van der Waals surface area contributed by atoms with Gasteiger partial charge < -0.3 is 10.1 Å². The van der Waals surface area contributed by atoms with E-state index in [2.05, 4.69) is 4.98 Å². The van der Waals surface area contributed by atoms with E-state index in [4.69, 9.17) is 5.11 Å². The number of H-pyrrole nitrogens is 1. The van der Waals surface area contributed by atoms with Gasteiger partial charge in [-0.15, -0.1) is 0 Å². The van der Waals surface area contributed by atoms with Crippen molar-refractivity contribution in [3.8, 4) is 0 Å². The molecule has 136 valence electrons. The third-order valence-electron chi connectivity index (χ3n) is 6.01. The van der Waals surface area contributed by atoms with Crippen molar-refractivity contribution in [3.05, 3.63) is 20.1 Å². The SMILES string of the molecule is O=C(O)CCCN1C(=O)[C@H]2[C@@H]3C[C@@H](C4=Cc5sc(=O)[nH]c5S[C@H]43)[C@H]2C1=O. The molecular formula is C17H16N2O5S2. The van der Waals surface area contributed by atoms with Crippen LogP contribution in [0.25, 0.3) is 6.08 Å². The van der Waals surface area contributed by atoms with E-state index in [-0.39, 0.29) is 58.6 Å². The molecule has 2 N–H and O–H groups in total. The van der Waals surface area contributed by atoms with Gasteiger partial charge in [-0.25, -0.2) is 0 Å². The van der Waals surface area contributed by atoms with Crippen LogP contribution >= 0.6 is 23.1 Å². The second-order valence-corrected chi connectivity index (χ2v) is 9.44. The van der Waals surface area contributed by atoms with Crippen LogP contribution < -0.4 is 4.87 Å². The number of aromatic nitrogens is 1. The first-order valence-electron chi connectivity index (χ1n) is 8.64. The maximum Gasteiger partial charge on any atom is 0.305 e. The van der Waals surface area contributed by atoms with Gasteiger partial charge in [-0.3, -0.25) is 24.1 Å². The van der Waals surface area contributed by atoms with Crippen molar-refractivity contribution < 1.29 is 19.5 Å². The maximum absolute atomic E-state index is 12.9. The van der Waals surface area contributed by atoms with Crippen LogP contribution in [0.5, 0.6) is 0 Å². The van der Waals surface area contributed by atoms with Gasteiger partial charge in [0.25, 0.3) is 0 Å². The zero-order chi connectivity index (χ0) is 18.2. The number of imide groups is 1. The second-order valence-electron chi connectivity index (χ2n) is 7.27. The molecule has 1 saturated heterocycles. The number of thioether (sulfide) groups is 1. The summed E-state index contributed by atoms with van der Waals surface area (Å²) in [6.45, 7) is 0.188. The number of fused-ring (bicyclic) bond motifs is 9. The molecule has 0 radical (unpaired) electrons. The molecule has 2 aliphatic heterocycles. The predicted molar refractivity (Wildman–Crippen MR) is 94.7 cm³/mol. The number of carboxylic acid groups (broad SMARTS) is 1. The van der Waals surface area contributed by atoms with E-state index < -0.39 is 5.97 Å². The van der Waals surface area contributed by atoms with Crippen molar-refractivity contribution in [2.24, 2.45) is 23.7 Å². The van der Waals surface area contributed by atoms with Crippen LogP contribution in [0.4, 0.5) is 0 Å². The van der Waals surface area contributed by atoms with Gasteiger partial charge in [-0.05, 0) is 30.8 Å². The van der Waals surface area contributed by atoms with Gasteiger partial charge in [-0.1, -0.05) is 28.7 Å². The molecule has 3 heterocycles. The quantitative estimate of drug-likeness (QED) is 0.750. The minimum absolute atomic E-state index is 0.0452. The number of aromatic amines is 1. The minimum atomic E-state index is -0.919. The molecule has 9 heteroatoms. The molecule has 4 aliphatic rings. The summed E-state index contributed by atoms with van der Waals surface area (Å²) in [6, 6.07) is 0. The number of nitrogens with zero attached hydrogens (tertiary/aromatic N) is 1. The number of carboxylic acids is 1. The van der Waals surface area contributed by atoms with Crippen molar-refractivity contribution >= 4 is 47.0 Å². The number of carbonyl (C=O) groups is 3. The van der Waals surface area contributed by atoms with Crippen LogP contribution in [0, 0.1) is 23.7 Å². The summed E-state index contributed by atoms with van der Waals surface area (Å²) in [5.41, 5.74) is 1.19. The number of carbonyl (C=O) groups excluding carboxylic acids is 2. The summed E-state index contributed by atoms with van der Waals surface area (Å²) in [7, 11) is 0. The van der Waals surface area contributed by atoms with E-state index >= 15 is 0 Å². The average molecular weight is 392 g/mol. The monoisotopic (exact) mass is 392 g/mol. The lowest BCUT2D eigenvalue weighted by Crippen LogP contribution is -2.35. The minimum Gasteiger partial charge on any atom is -0.481 e. The van der Waals surface area contributed by atoms with E-state index in [1.54, 1.807) is 11.8 Å². The fourth-order valence-corrected chi connectivity index (χ4v) is 7.53. The van der Waals surface area contributed by atoms with E-state index in [1.165, 1.54) is 21.8 Å². The van der Waals surface area contributed by atoms with Crippen LogP contribution in [0.15, 0.2) is 15.4 Å². The third-order valence-corrected chi connectivity index (χ3v) is 8.40. The third kappa shape index (κ3) is 2.13. The van der Waals surface area contributed by atoms with E-state index in [0.29, 0.717) is 6.42 Å². The van der Waals surface area contributed by atoms with Crippen LogP contribution in [0.1, 0.15) is 24.1 Å². The first kappa shape index (κ1) is 16.3. The molecule has 0 aromatic carbocycles. The highest BCUT2D eigenvalue weighted by molar-refractivity contribution is 8.00. The Morgan fingerprint density at radius 2 is 2.04 bits per heavy atom. The Kier molecular flexibility index (Phi) is 3.49. The molecule has 5 atom stereocenters. The Hall–Kier alpha value is -1.87. The zero-order valence-corrected chi connectivity index (χ0v) is 15.3. The summed E-state index contributed by atoms with van der Waals surface area (Å²) in [4.78, 5) is 53.0. The van der Waals surface area contributed by atoms with Crippen molar-refractivity contribution in [2.45, 2.75) is 29.5 Å². The molecule has 7 nitrogen and oxygen atoms in total. The summed E-state index contributed by atoms with van der Waals surface area (Å²) < 4.78 is 0. The number of amides is 2. The number of thiazole rings is 1. The Bertz CT molecular complexity index is 932. The highest BCUT2D eigenvalue weighted by Gasteiger charge is 2.66. The summed E-state index contributed by atoms with van der Waals surface area (Å²) in [5.74, 6) is -1.63. The van der Waals surface area contributed by atoms with Crippen molar-refractivity contribution in [2.75, 3.05) is 6.54 Å². The van der Waals surface area contributed by atoms with E-state index in [0.717, 1.165) is 16.3 Å². The van der Waals surface area contributed by atoms with Gasteiger partial charge in [0, 0.05) is 18.2 Å². The Morgan fingerprint density at radius 3 is 2.81 bits per heavy atom. The molecule has 2 saturated carbocycles. The van der Waals surface area contributed by atoms with Gasteiger partial charge in [0.05, 0.1) is 21.7 Å². The first-order chi connectivity index (χ1) is 12.5. The standard InChI is InChI=1S/C17H16N2O5S2/c20-10(21)2-1-3-19-15(22)11-6-4-8(12(11)16(19)23)13-7(6)5-9-14(26-13)18-17(24)25-9/h5-6,8,11-13H,1-4H2,(H,18,24)(H,20,21)/t6-,8-,11+,12-,13+/m0/s1. The number of hydrogen-bond donors (Lipinski definition) is 2. The Morgan fingerprint density at radius 1 is 1.27 bits per heavy atom. The van der Waals surface area contributed by atoms with E-state index in [1.807, 2.05) is 6.08 Å². The number of likely N-dealkylation sites (tertiary alicyclic amines) is 1. The molecule has 5 rings (SSSR count).